The van der Waals surface area contributed by atoms with Gasteiger partial charge in [0.05, 0.1) is 17.0 Å². The molecule has 0 saturated carbocycles. The molecule has 168 valence electrons. The summed E-state index contributed by atoms with van der Waals surface area (Å²) in [6.07, 6.45) is 0.0474. The number of nitrogens with one attached hydrogen (secondary N) is 2. The number of anilines is 1. The van der Waals surface area contributed by atoms with Crippen molar-refractivity contribution in [3.63, 3.8) is 0 Å². The van der Waals surface area contributed by atoms with Gasteiger partial charge in [0.1, 0.15) is 5.69 Å². The van der Waals surface area contributed by atoms with E-state index in [2.05, 4.69) is 15.0 Å². The molecule has 0 aliphatic carbocycles. The highest BCUT2D eigenvalue weighted by molar-refractivity contribution is 7.92. The number of hydrogen-bond donors (Lipinski definition) is 2. The first-order valence-electron chi connectivity index (χ1n) is 9.18. The Morgan fingerprint density at radius 2 is 1.94 bits per heavy atom. The van der Waals surface area contributed by atoms with Crippen molar-refractivity contribution in [2.45, 2.75) is 32.5 Å². The highest BCUT2D eigenvalue weighted by Gasteiger charge is 2.32. The fourth-order valence-corrected chi connectivity index (χ4v) is 3.51. The van der Waals surface area contributed by atoms with Crippen LogP contribution < -0.4 is 10.0 Å². The van der Waals surface area contributed by atoms with Gasteiger partial charge in [-0.25, -0.2) is 13.4 Å². The van der Waals surface area contributed by atoms with Crippen LogP contribution in [0.4, 0.5) is 18.9 Å². The third-order valence-corrected chi connectivity index (χ3v) is 4.90. The van der Waals surface area contributed by atoms with E-state index in [-0.39, 0.29) is 22.9 Å². The second kappa shape index (κ2) is 10.1. The van der Waals surface area contributed by atoms with E-state index in [1.54, 1.807) is 6.07 Å². The number of nitrogens with zero attached hydrogens (tertiary/aromatic N) is 1. The Hall–Kier alpha value is -2.59. The maximum Gasteiger partial charge on any atom is 0.433 e. The summed E-state index contributed by atoms with van der Waals surface area (Å²) in [5, 5.41) is 2.80. The molecule has 1 aromatic carbocycles. The average molecular weight is 476 g/mol. The smallest absolute Gasteiger partial charge is 0.348 e. The molecule has 0 saturated heterocycles. The molecule has 31 heavy (non-hydrogen) atoms. The number of benzene rings is 1. The summed E-state index contributed by atoms with van der Waals surface area (Å²) < 4.78 is 63.4. The number of pyridine rings is 1. The highest BCUT2D eigenvalue weighted by atomic mass is 35.5. The summed E-state index contributed by atoms with van der Waals surface area (Å²) >= 11 is 6.04. The Kier molecular flexibility index (Phi) is 8.08. The van der Waals surface area contributed by atoms with Gasteiger partial charge in [-0.3, -0.25) is 9.52 Å². The van der Waals surface area contributed by atoms with Crippen LogP contribution in [0.25, 0.3) is 6.08 Å². The summed E-state index contributed by atoms with van der Waals surface area (Å²) in [4.78, 5) is 15.8. The topological polar surface area (TPSA) is 88.2 Å². The Bertz CT molecular complexity index is 1090. The summed E-state index contributed by atoms with van der Waals surface area (Å²) in [6.45, 7) is 1.94. The third-order valence-electron chi connectivity index (χ3n) is 4.00. The van der Waals surface area contributed by atoms with Gasteiger partial charge in [0, 0.05) is 18.3 Å². The SMILES string of the molecule is CCCc1nc(C(F)(F)F)ccc1C=CC(=O)NCc1ccc(NS(C)(=O)=O)c(Cl)c1. The number of alkyl halides is 3. The van der Waals surface area contributed by atoms with E-state index in [1.807, 2.05) is 6.92 Å². The number of sulfonamides is 1. The van der Waals surface area contributed by atoms with Gasteiger partial charge in [0.2, 0.25) is 15.9 Å². The van der Waals surface area contributed by atoms with E-state index >= 15 is 0 Å². The van der Waals surface area contributed by atoms with Crippen LogP contribution in [0.5, 0.6) is 0 Å². The minimum Gasteiger partial charge on any atom is -0.348 e. The van der Waals surface area contributed by atoms with Crippen LogP contribution in [0, 0.1) is 0 Å². The number of carbonyl (C=O) groups excluding carboxylic acids is 1. The van der Waals surface area contributed by atoms with E-state index in [0.29, 0.717) is 24.0 Å². The Morgan fingerprint density at radius 3 is 2.52 bits per heavy atom. The van der Waals surface area contributed by atoms with Crippen molar-refractivity contribution >= 4 is 39.3 Å². The molecule has 0 bridgehead atoms. The molecule has 11 heteroatoms. The first-order valence-corrected chi connectivity index (χ1v) is 11.4. The van der Waals surface area contributed by atoms with E-state index in [1.165, 1.54) is 30.4 Å². The van der Waals surface area contributed by atoms with Crippen LogP contribution in [-0.4, -0.2) is 25.6 Å². The first kappa shape index (κ1) is 24.7. The molecule has 2 rings (SSSR count). The van der Waals surface area contributed by atoms with Crippen molar-refractivity contribution in [1.29, 1.82) is 0 Å². The summed E-state index contributed by atoms with van der Waals surface area (Å²) in [5.41, 5.74) is 0.584. The molecule has 2 N–H and O–H groups in total. The van der Waals surface area contributed by atoms with Crippen LogP contribution in [0.1, 0.15) is 35.9 Å². The van der Waals surface area contributed by atoms with Crippen LogP contribution >= 0.6 is 11.6 Å². The van der Waals surface area contributed by atoms with Crippen molar-refractivity contribution in [2.75, 3.05) is 11.0 Å². The molecule has 2 aromatic rings. The van der Waals surface area contributed by atoms with E-state index in [4.69, 9.17) is 11.6 Å². The van der Waals surface area contributed by atoms with Gasteiger partial charge in [0.25, 0.3) is 0 Å². The molecule has 1 amide bonds. The lowest BCUT2D eigenvalue weighted by Crippen LogP contribution is -2.20. The minimum absolute atomic E-state index is 0.120. The monoisotopic (exact) mass is 475 g/mol. The number of rotatable bonds is 8. The molecule has 0 radical (unpaired) electrons. The van der Waals surface area contributed by atoms with Gasteiger partial charge in [-0.2, -0.15) is 13.2 Å². The van der Waals surface area contributed by atoms with Gasteiger partial charge in [0.15, 0.2) is 0 Å². The maximum atomic E-state index is 12.9. The number of amides is 1. The van der Waals surface area contributed by atoms with Crippen molar-refractivity contribution in [1.82, 2.24) is 10.3 Å². The Balaban J connectivity index is 2.05. The van der Waals surface area contributed by atoms with Crippen molar-refractivity contribution < 1.29 is 26.4 Å². The van der Waals surface area contributed by atoms with Crippen molar-refractivity contribution in [3.8, 4) is 0 Å². The molecule has 0 atom stereocenters. The maximum absolute atomic E-state index is 12.9. The van der Waals surface area contributed by atoms with Gasteiger partial charge in [-0.05, 0) is 41.8 Å². The normalized spacial score (nSPS) is 12.2. The lowest BCUT2D eigenvalue weighted by Gasteiger charge is -2.10. The molecule has 1 heterocycles. The molecule has 0 fully saturated rings. The fraction of sp³-hybridized carbons (Fsp3) is 0.300. The summed E-state index contributed by atoms with van der Waals surface area (Å²) in [5.74, 6) is -0.461. The standard InChI is InChI=1S/C20H21ClF3N3O3S/c1-3-4-16-14(6-9-18(26-16)20(22,23)24)7-10-19(28)25-12-13-5-8-17(15(21)11-13)27-31(2,29)30/h5-11,27H,3-4,12H2,1-2H3,(H,25,28). The van der Waals surface area contributed by atoms with Gasteiger partial charge < -0.3 is 5.32 Å². The number of carbonyl (C=O) groups is 1. The van der Waals surface area contributed by atoms with Crippen LogP contribution in [0.3, 0.4) is 0 Å². The minimum atomic E-state index is -4.53. The molecular formula is C20H21ClF3N3O3S. The van der Waals surface area contributed by atoms with E-state index in [9.17, 15) is 26.4 Å². The fourth-order valence-electron chi connectivity index (χ4n) is 2.62. The van der Waals surface area contributed by atoms with Crippen molar-refractivity contribution in [2.24, 2.45) is 0 Å². The summed E-state index contributed by atoms with van der Waals surface area (Å²) in [6, 6.07) is 6.76. The highest BCUT2D eigenvalue weighted by Crippen LogP contribution is 2.29. The number of aryl methyl sites for hydroxylation is 1. The van der Waals surface area contributed by atoms with Crippen molar-refractivity contribution in [3.05, 3.63) is 63.9 Å². The summed E-state index contributed by atoms with van der Waals surface area (Å²) in [7, 11) is -3.47. The molecule has 6 nitrogen and oxygen atoms in total. The second-order valence-electron chi connectivity index (χ2n) is 6.72. The molecule has 0 aliphatic heterocycles. The van der Waals surface area contributed by atoms with Gasteiger partial charge in [-0.15, -0.1) is 0 Å². The lowest BCUT2D eigenvalue weighted by atomic mass is 10.1. The molecule has 0 unspecified atom stereocenters. The lowest BCUT2D eigenvalue weighted by molar-refractivity contribution is -0.141. The van der Waals surface area contributed by atoms with Gasteiger partial charge in [-0.1, -0.05) is 37.1 Å². The van der Waals surface area contributed by atoms with Gasteiger partial charge >= 0.3 is 6.18 Å². The Labute approximate surface area is 183 Å². The average Bonchev–Trinajstić information content (AvgIpc) is 2.65. The molecule has 1 aromatic heterocycles. The zero-order chi connectivity index (χ0) is 23.2. The first-order chi connectivity index (χ1) is 14.4. The Morgan fingerprint density at radius 1 is 1.23 bits per heavy atom. The number of hydrogen-bond acceptors (Lipinski definition) is 4. The van der Waals surface area contributed by atoms with Crippen LogP contribution in [0.15, 0.2) is 36.4 Å². The van der Waals surface area contributed by atoms with Crippen LogP contribution in [-0.2, 0) is 34.0 Å². The van der Waals surface area contributed by atoms with E-state index < -0.39 is 27.8 Å². The van der Waals surface area contributed by atoms with E-state index in [0.717, 1.165) is 12.3 Å². The third kappa shape index (κ3) is 7.87. The number of halogens is 4. The molecule has 0 aliphatic rings. The number of aromatic nitrogens is 1. The molecule has 0 spiro atoms. The largest absolute Gasteiger partial charge is 0.433 e. The quantitative estimate of drug-likeness (QED) is 0.554. The van der Waals surface area contributed by atoms with Crippen LogP contribution in [0.2, 0.25) is 5.02 Å². The predicted octanol–water partition coefficient (Wildman–Crippen LogP) is 4.41. The predicted molar refractivity (Wildman–Crippen MR) is 114 cm³/mol. The zero-order valence-corrected chi connectivity index (χ0v) is 18.3. The zero-order valence-electron chi connectivity index (χ0n) is 16.8. The molecular weight excluding hydrogens is 455 g/mol. The second-order valence-corrected chi connectivity index (χ2v) is 8.88.